The van der Waals surface area contributed by atoms with Gasteiger partial charge in [0.15, 0.2) is 0 Å². The molecule has 0 saturated heterocycles. The van der Waals surface area contributed by atoms with Crippen molar-refractivity contribution in [3.63, 3.8) is 0 Å². The van der Waals surface area contributed by atoms with E-state index >= 15 is 0 Å². The predicted octanol–water partition coefficient (Wildman–Crippen LogP) is 1.12. The summed E-state index contributed by atoms with van der Waals surface area (Å²) in [6, 6.07) is 4.54. The second-order valence-electron chi connectivity index (χ2n) is 3.52. The summed E-state index contributed by atoms with van der Waals surface area (Å²) in [5.41, 5.74) is 5.74. The van der Waals surface area contributed by atoms with Crippen molar-refractivity contribution < 1.29 is 8.42 Å². The van der Waals surface area contributed by atoms with Gasteiger partial charge >= 0.3 is 0 Å². The first-order valence-corrected chi connectivity index (χ1v) is 6.89. The van der Waals surface area contributed by atoms with Gasteiger partial charge in [0.1, 0.15) is 10.7 Å². The molecular weight excluding hydrogens is 276 g/mol. The van der Waals surface area contributed by atoms with E-state index in [1.807, 2.05) is 0 Å². The van der Waals surface area contributed by atoms with Crippen LogP contribution in [0.5, 0.6) is 0 Å². The van der Waals surface area contributed by atoms with Crippen LogP contribution >= 0.6 is 11.6 Å². The molecule has 0 unspecified atom stereocenters. The number of H-pyrrole nitrogens is 1. The number of hydrogen-bond donors (Lipinski definition) is 3. The minimum atomic E-state index is -3.76. The Morgan fingerprint density at radius 1 is 1.44 bits per heavy atom. The van der Waals surface area contributed by atoms with Gasteiger partial charge in [-0.05, 0) is 12.1 Å². The van der Waals surface area contributed by atoms with Crippen LogP contribution in [0.3, 0.4) is 0 Å². The minimum Gasteiger partial charge on any atom is -0.398 e. The van der Waals surface area contributed by atoms with E-state index in [-0.39, 0.29) is 22.2 Å². The fraction of sp³-hybridized carbons (Fsp3) is 0.100. The largest absolute Gasteiger partial charge is 0.398 e. The first kappa shape index (κ1) is 12.9. The summed E-state index contributed by atoms with van der Waals surface area (Å²) in [5, 5.41) is 0.0851. The van der Waals surface area contributed by atoms with Crippen molar-refractivity contribution in [1.29, 1.82) is 0 Å². The number of nitrogens with two attached hydrogens (primary N) is 1. The van der Waals surface area contributed by atoms with Crippen LogP contribution < -0.4 is 10.5 Å². The summed E-state index contributed by atoms with van der Waals surface area (Å²) in [6.45, 7) is 0.0417. The molecular formula is C10H11ClN4O2S. The summed E-state index contributed by atoms with van der Waals surface area (Å²) < 4.78 is 26.5. The predicted molar refractivity (Wildman–Crippen MR) is 68.5 cm³/mol. The van der Waals surface area contributed by atoms with Gasteiger partial charge in [-0.2, -0.15) is 0 Å². The smallest absolute Gasteiger partial charge is 0.244 e. The van der Waals surface area contributed by atoms with Crippen LogP contribution in [-0.2, 0) is 16.6 Å². The van der Waals surface area contributed by atoms with Crippen molar-refractivity contribution in [2.75, 3.05) is 5.73 Å². The van der Waals surface area contributed by atoms with Crippen LogP contribution in [0.4, 0.5) is 5.69 Å². The van der Waals surface area contributed by atoms with Crippen LogP contribution in [0.15, 0.2) is 35.5 Å². The van der Waals surface area contributed by atoms with E-state index < -0.39 is 10.0 Å². The van der Waals surface area contributed by atoms with Crippen molar-refractivity contribution >= 4 is 27.3 Å². The lowest BCUT2D eigenvalue weighted by molar-refractivity contribution is 0.580. The zero-order chi connectivity index (χ0) is 13.2. The molecule has 0 radical (unpaired) electrons. The van der Waals surface area contributed by atoms with Gasteiger partial charge in [-0.15, -0.1) is 0 Å². The Kier molecular flexibility index (Phi) is 3.55. The molecule has 96 valence electrons. The fourth-order valence-corrected chi connectivity index (χ4v) is 3.10. The van der Waals surface area contributed by atoms with Crippen LogP contribution in [0.2, 0.25) is 5.02 Å². The number of sulfonamides is 1. The van der Waals surface area contributed by atoms with E-state index in [0.717, 1.165) is 0 Å². The average Bonchev–Trinajstić information content (AvgIpc) is 2.78. The zero-order valence-corrected chi connectivity index (χ0v) is 10.8. The number of nitrogens with one attached hydrogen (secondary N) is 2. The van der Waals surface area contributed by atoms with E-state index in [1.54, 1.807) is 12.3 Å². The second-order valence-corrected chi connectivity index (χ2v) is 5.63. The van der Waals surface area contributed by atoms with Gasteiger partial charge < -0.3 is 10.7 Å². The Morgan fingerprint density at radius 2 is 2.22 bits per heavy atom. The van der Waals surface area contributed by atoms with Crippen LogP contribution in [0.1, 0.15) is 5.82 Å². The second kappa shape index (κ2) is 4.97. The normalized spacial score (nSPS) is 11.6. The van der Waals surface area contributed by atoms with Gasteiger partial charge in [0.05, 0.1) is 17.3 Å². The molecule has 6 nitrogen and oxygen atoms in total. The quantitative estimate of drug-likeness (QED) is 0.733. The van der Waals surface area contributed by atoms with Crippen molar-refractivity contribution in [3.8, 4) is 0 Å². The summed E-state index contributed by atoms with van der Waals surface area (Å²) in [4.78, 5) is 6.59. The molecule has 0 atom stereocenters. The summed E-state index contributed by atoms with van der Waals surface area (Å²) in [7, 11) is -3.76. The third kappa shape index (κ3) is 2.63. The topological polar surface area (TPSA) is 101 Å². The van der Waals surface area contributed by atoms with Gasteiger partial charge in [0.2, 0.25) is 10.0 Å². The molecule has 4 N–H and O–H groups in total. The van der Waals surface area contributed by atoms with E-state index in [2.05, 4.69) is 14.7 Å². The van der Waals surface area contributed by atoms with Crippen LogP contribution in [-0.4, -0.2) is 18.4 Å². The lowest BCUT2D eigenvalue weighted by atomic mass is 10.3. The average molecular weight is 287 g/mol. The van der Waals surface area contributed by atoms with E-state index in [0.29, 0.717) is 5.82 Å². The minimum absolute atomic E-state index is 0.0417. The summed E-state index contributed by atoms with van der Waals surface area (Å²) >= 11 is 5.85. The Morgan fingerprint density at radius 3 is 2.83 bits per heavy atom. The summed E-state index contributed by atoms with van der Waals surface area (Å²) in [6.07, 6.45) is 3.14. The first-order valence-electron chi connectivity index (χ1n) is 5.02. The van der Waals surface area contributed by atoms with Crippen molar-refractivity contribution in [2.24, 2.45) is 0 Å². The Labute approximate surface area is 109 Å². The number of nitrogens with zero attached hydrogens (tertiary/aromatic N) is 1. The first-order chi connectivity index (χ1) is 8.50. The number of benzene rings is 1. The molecule has 0 aliphatic rings. The molecule has 1 aromatic heterocycles. The Bertz CT molecular complexity index is 620. The Balaban J connectivity index is 2.26. The molecule has 0 saturated carbocycles. The van der Waals surface area contributed by atoms with E-state index in [9.17, 15) is 8.42 Å². The zero-order valence-electron chi connectivity index (χ0n) is 9.22. The van der Waals surface area contributed by atoms with E-state index in [4.69, 9.17) is 17.3 Å². The van der Waals surface area contributed by atoms with Crippen molar-refractivity contribution in [3.05, 3.63) is 41.4 Å². The summed E-state index contributed by atoms with van der Waals surface area (Å²) in [5.74, 6) is 0.504. The van der Waals surface area contributed by atoms with Crippen LogP contribution in [0, 0.1) is 0 Å². The van der Waals surface area contributed by atoms with Gasteiger partial charge in [0.25, 0.3) is 0 Å². The molecule has 0 bridgehead atoms. The number of anilines is 1. The molecule has 0 aliphatic carbocycles. The molecule has 1 aromatic carbocycles. The molecule has 18 heavy (non-hydrogen) atoms. The fourth-order valence-electron chi connectivity index (χ4n) is 1.44. The number of halogens is 1. The van der Waals surface area contributed by atoms with E-state index in [1.165, 1.54) is 18.3 Å². The highest BCUT2D eigenvalue weighted by molar-refractivity contribution is 7.89. The maximum Gasteiger partial charge on any atom is 0.244 e. The SMILES string of the molecule is Nc1cccc(Cl)c1S(=O)(=O)NCc1ncc[nH]1. The highest BCUT2D eigenvalue weighted by Crippen LogP contribution is 2.26. The van der Waals surface area contributed by atoms with Gasteiger partial charge in [-0.25, -0.2) is 18.1 Å². The van der Waals surface area contributed by atoms with Crippen molar-refractivity contribution in [2.45, 2.75) is 11.4 Å². The maximum atomic E-state index is 12.1. The van der Waals surface area contributed by atoms with Crippen LogP contribution in [0.25, 0.3) is 0 Å². The monoisotopic (exact) mass is 286 g/mol. The van der Waals surface area contributed by atoms with Gasteiger partial charge in [-0.1, -0.05) is 17.7 Å². The number of hydrogen-bond acceptors (Lipinski definition) is 4. The van der Waals surface area contributed by atoms with Gasteiger partial charge in [-0.3, -0.25) is 0 Å². The number of rotatable bonds is 4. The molecule has 0 spiro atoms. The Hall–Kier alpha value is -1.57. The molecule has 0 aliphatic heterocycles. The number of aromatic amines is 1. The van der Waals surface area contributed by atoms with Gasteiger partial charge in [0, 0.05) is 12.4 Å². The highest BCUT2D eigenvalue weighted by Gasteiger charge is 2.20. The third-order valence-corrected chi connectivity index (χ3v) is 4.20. The number of nitrogen functional groups attached to an aromatic ring is 1. The molecule has 0 fully saturated rings. The molecule has 2 aromatic rings. The maximum absolute atomic E-state index is 12.1. The third-order valence-electron chi connectivity index (χ3n) is 2.25. The molecule has 1 heterocycles. The standard InChI is InChI=1S/C10H11ClN4O2S/c11-7-2-1-3-8(12)10(7)18(16,17)15-6-9-13-4-5-14-9/h1-5,15H,6,12H2,(H,13,14). The molecule has 2 rings (SSSR count). The number of imidazole rings is 1. The molecule has 8 heteroatoms. The number of aromatic nitrogens is 2. The van der Waals surface area contributed by atoms with Crippen molar-refractivity contribution in [1.82, 2.24) is 14.7 Å². The lowest BCUT2D eigenvalue weighted by Crippen LogP contribution is -2.25. The lowest BCUT2D eigenvalue weighted by Gasteiger charge is -2.09. The molecule has 0 amide bonds. The highest BCUT2D eigenvalue weighted by atomic mass is 35.5.